The molecular weight excluding hydrogens is 390 g/mol. The third-order valence-corrected chi connectivity index (χ3v) is 6.31. The van der Waals surface area contributed by atoms with E-state index < -0.39 is 36.3 Å². The van der Waals surface area contributed by atoms with E-state index in [2.05, 4.69) is 24.3 Å². The van der Waals surface area contributed by atoms with Gasteiger partial charge < -0.3 is 14.2 Å². The smallest absolute Gasteiger partial charge is 0.338 e. The minimum atomic E-state index is -1.09. The van der Waals surface area contributed by atoms with E-state index in [0.29, 0.717) is 18.8 Å². The molecule has 0 amide bonds. The van der Waals surface area contributed by atoms with E-state index in [1.807, 2.05) is 6.07 Å². The summed E-state index contributed by atoms with van der Waals surface area (Å²) in [4.78, 5) is 36.0. The van der Waals surface area contributed by atoms with Gasteiger partial charge in [0.05, 0.1) is 26.4 Å². The standard InChI is InChI=1S/C22H29NO7/c1-26-21(24)19-16-12-13-18(29-23(16)30-20(19)22(25)27-2)28-17-11-7-6-10-15(17)14-8-4-3-5-9-14/h3-5,8-9,15-20H,6-7,10-13H2,1-2H3/t15-,16-,17+,18-,19-,20+/m1/s1. The number of hydroxylamine groups is 2. The van der Waals surface area contributed by atoms with Gasteiger partial charge in [0.25, 0.3) is 0 Å². The van der Waals surface area contributed by atoms with Crippen LogP contribution in [0, 0.1) is 5.92 Å². The Hall–Kier alpha value is -2.00. The molecule has 2 saturated heterocycles. The van der Waals surface area contributed by atoms with Crippen LogP contribution in [-0.4, -0.2) is 55.9 Å². The first-order valence-corrected chi connectivity index (χ1v) is 10.6. The number of hydrogen-bond donors (Lipinski definition) is 0. The number of ether oxygens (including phenoxy) is 3. The Morgan fingerprint density at radius 1 is 0.933 bits per heavy atom. The van der Waals surface area contributed by atoms with E-state index in [1.165, 1.54) is 31.4 Å². The van der Waals surface area contributed by atoms with Crippen LogP contribution in [0.15, 0.2) is 30.3 Å². The van der Waals surface area contributed by atoms with Crippen LogP contribution in [0.3, 0.4) is 0 Å². The first-order chi connectivity index (χ1) is 14.6. The van der Waals surface area contributed by atoms with Crippen molar-refractivity contribution in [2.45, 2.75) is 69.0 Å². The zero-order chi connectivity index (χ0) is 21.1. The first-order valence-electron chi connectivity index (χ1n) is 10.6. The molecule has 3 aliphatic rings. The van der Waals surface area contributed by atoms with Crippen molar-refractivity contribution in [2.24, 2.45) is 5.92 Å². The molecule has 6 atom stereocenters. The number of nitrogens with zero attached hydrogens (tertiary/aromatic N) is 1. The van der Waals surface area contributed by atoms with E-state index in [-0.39, 0.29) is 6.10 Å². The molecule has 0 aromatic heterocycles. The molecule has 0 spiro atoms. The van der Waals surface area contributed by atoms with Crippen molar-refractivity contribution in [2.75, 3.05) is 14.2 Å². The summed E-state index contributed by atoms with van der Waals surface area (Å²) in [5.74, 6) is -1.61. The molecule has 0 radical (unpaired) electrons. The van der Waals surface area contributed by atoms with Gasteiger partial charge in [-0.25, -0.2) is 9.63 Å². The van der Waals surface area contributed by atoms with Crippen molar-refractivity contribution in [3.05, 3.63) is 35.9 Å². The molecule has 0 bridgehead atoms. The van der Waals surface area contributed by atoms with E-state index in [9.17, 15) is 9.59 Å². The normalized spacial score (nSPS) is 34.2. The largest absolute Gasteiger partial charge is 0.469 e. The Bertz CT molecular complexity index is 742. The summed E-state index contributed by atoms with van der Waals surface area (Å²) in [6.45, 7) is 0. The summed E-state index contributed by atoms with van der Waals surface area (Å²) < 4.78 is 16.0. The topological polar surface area (TPSA) is 83.5 Å². The number of methoxy groups -OCH3 is 2. The second-order valence-electron chi connectivity index (χ2n) is 8.04. The zero-order valence-electron chi connectivity index (χ0n) is 17.4. The fourth-order valence-electron chi connectivity index (χ4n) is 4.80. The van der Waals surface area contributed by atoms with Gasteiger partial charge in [0, 0.05) is 12.3 Å². The van der Waals surface area contributed by atoms with E-state index in [0.717, 1.165) is 19.3 Å². The molecule has 2 heterocycles. The van der Waals surface area contributed by atoms with Crippen LogP contribution in [0.25, 0.3) is 0 Å². The number of benzene rings is 1. The van der Waals surface area contributed by atoms with Gasteiger partial charge in [-0.2, -0.15) is 0 Å². The average molecular weight is 419 g/mol. The summed E-state index contributed by atoms with van der Waals surface area (Å²) in [5.41, 5.74) is 1.28. The highest BCUT2D eigenvalue weighted by Gasteiger charge is 2.55. The average Bonchev–Trinajstić information content (AvgIpc) is 3.17. The van der Waals surface area contributed by atoms with Gasteiger partial charge in [0.15, 0.2) is 12.4 Å². The molecule has 164 valence electrons. The lowest BCUT2D eigenvalue weighted by molar-refractivity contribution is -0.438. The molecule has 8 nitrogen and oxygen atoms in total. The fourth-order valence-corrected chi connectivity index (χ4v) is 4.80. The molecule has 3 fully saturated rings. The lowest BCUT2D eigenvalue weighted by Gasteiger charge is -2.38. The van der Waals surface area contributed by atoms with Gasteiger partial charge in [0.1, 0.15) is 5.92 Å². The molecule has 1 saturated carbocycles. The van der Waals surface area contributed by atoms with Crippen LogP contribution in [-0.2, 0) is 33.5 Å². The Labute approximate surface area is 176 Å². The van der Waals surface area contributed by atoms with Crippen molar-refractivity contribution >= 4 is 11.9 Å². The van der Waals surface area contributed by atoms with Crippen molar-refractivity contribution in [3.8, 4) is 0 Å². The molecule has 1 aromatic rings. The molecule has 30 heavy (non-hydrogen) atoms. The van der Waals surface area contributed by atoms with Crippen molar-refractivity contribution < 1.29 is 33.5 Å². The lowest BCUT2D eigenvalue weighted by Crippen LogP contribution is -2.46. The van der Waals surface area contributed by atoms with Crippen molar-refractivity contribution in [1.29, 1.82) is 0 Å². The van der Waals surface area contributed by atoms with Gasteiger partial charge in [-0.1, -0.05) is 48.4 Å². The molecule has 8 heteroatoms. The number of carbonyl (C=O) groups excluding carboxylic acids is 2. The highest BCUT2D eigenvalue weighted by molar-refractivity contribution is 5.84. The summed E-state index contributed by atoms with van der Waals surface area (Å²) >= 11 is 0. The third-order valence-electron chi connectivity index (χ3n) is 6.31. The number of hydrogen-bond acceptors (Lipinski definition) is 8. The monoisotopic (exact) mass is 419 g/mol. The molecule has 1 aromatic carbocycles. The van der Waals surface area contributed by atoms with Crippen LogP contribution in [0.5, 0.6) is 0 Å². The van der Waals surface area contributed by atoms with Crippen molar-refractivity contribution in [3.63, 3.8) is 0 Å². The third kappa shape index (κ3) is 4.23. The number of rotatable bonds is 5. The van der Waals surface area contributed by atoms with Crippen molar-refractivity contribution in [1.82, 2.24) is 5.23 Å². The highest BCUT2D eigenvalue weighted by atomic mass is 17.0. The molecule has 0 unspecified atom stereocenters. The second kappa shape index (κ2) is 9.43. The van der Waals surface area contributed by atoms with Crippen LogP contribution < -0.4 is 0 Å². The van der Waals surface area contributed by atoms with Gasteiger partial charge in [-0.15, -0.1) is 0 Å². The maximum Gasteiger partial charge on any atom is 0.338 e. The second-order valence-corrected chi connectivity index (χ2v) is 8.04. The molecular formula is C22H29NO7. The van der Waals surface area contributed by atoms with Crippen LogP contribution in [0.2, 0.25) is 0 Å². The van der Waals surface area contributed by atoms with Gasteiger partial charge in [0.2, 0.25) is 0 Å². The minimum Gasteiger partial charge on any atom is -0.469 e. The number of fused-ring (bicyclic) bond motifs is 1. The first kappa shape index (κ1) is 21.2. The Morgan fingerprint density at radius 3 is 2.40 bits per heavy atom. The maximum absolute atomic E-state index is 12.3. The SMILES string of the molecule is COC(=O)[C@H]1[C@@H](C(=O)OC)ON2O[C@@H](O[C@H]3CCCC[C@@H]3c3ccccc3)CC[C@H]12. The Morgan fingerprint density at radius 2 is 1.67 bits per heavy atom. The van der Waals surface area contributed by atoms with Crippen LogP contribution in [0.1, 0.15) is 50.0 Å². The zero-order valence-corrected chi connectivity index (χ0v) is 17.4. The van der Waals surface area contributed by atoms with E-state index in [1.54, 1.807) is 0 Å². The molecule has 1 aliphatic carbocycles. The predicted octanol–water partition coefficient (Wildman–Crippen LogP) is 2.73. The predicted molar refractivity (Wildman–Crippen MR) is 105 cm³/mol. The van der Waals surface area contributed by atoms with Crippen LogP contribution >= 0.6 is 0 Å². The number of carbonyl (C=O) groups is 2. The maximum atomic E-state index is 12.3. The highest BCUT2D eigenvalue weighted by Crippen LogP contribution is 2.40. The molecule has 2 aliphatic heterocycles. The van der Waals surface area contributed by atoms with Crippen LogP contribution in [0.4, 0.5) is 0 Å². The van der Waals surface area contributed by atoms with Gasteiger partial charge >= 0.3 is 11.9 Å². The summed E-state index contributed by atoms with van der Waals surface area (Å²) in [7, 11) is 2.55. The summed E-state index contributed by atoms with van der Waals surface area (Å²) in [6, 6.07) is 10.0. The van der Waals surface area contributed by atoms with E-state index >= 15 is 0 Å². The van der Waals surface area contributed by atoms with Gasteiger partial charge in [-0.05, 0) is 24.8 Å². The lowest BCUT2D eigenvalue weighted by atomic mass is 9.81. The molecule has 4 rings (SSSR count). The summed E-state index contributed by atoms with van der Waals surface area (Å²) in [6.07, 6.45) is 4.02. The minimum absolute atomic E-state index is 0.0538. The van der Waals surface area contributed by atoms with Gasteiger partial charge in [-0.3, -0.25) is 9.63 Å². The number of esters is 2. The Kier molecular flexibility index (Phi) is 6.67. The Balaban J connectivity index is 1.43. The van der Waals surface area contributed by atoms with E-state index in [4.69, 9.17) is 23.9 Å². The quantitative estimate of drug-likeness (QED) is 0.674. The fraction of sp³-hybridized carbons (Fsp3) is 0.636. The summed E-state index contributed by atoms with van der Waals surface area (Å²) in [5, 5.41) is 1.25. The molecule has 0 N–H and O–H groups in total.